The van der Waals surface area contributed by atoms with Gasteiger partial charge in [-0.15, -0.1) is 0 Å². The van der Waals surface area contributed by atoms with E-state index in [1.165, 1.54) is 0 Å². The minimum absolute atomic E-state index is 0.0614. The number of anilines is 2. The molecule has 4 rings (SSSR count). The van der Waals surface area contributed by atoms with Gasteiger partial charge in [0.2, 0.25) is 0 Å². The largest absolute Gasteiger partial charge is 0.322 e. The van der Waals surface area contributed by atoms with Crippen molar-refractivity contribution in [3.8, 4) is 0 Å². The zero-order valence-electron chi connectivity index (χ0n) is 20.4. The summed E-state index contributed by atoms with van der Waals surface area (Å²) in [6.07, 6.45) is 0. The quantitative estimate of drug-likeness (QED) is 0.283. The third kappa shape index (κ3) is 7.39. The van der Waals surface area contributed by atoms with Crippen molar-refractivity contribution in [3.05, 3.63) is 129 Å². The molecule has 0 heterocycles. The number of rotatable bonds is 4. The van der Waals surface area contributed by atoms with Gasteiger partial charge in [0.25, 0.3) is 11.8 Å². The number of benzene rings is 4. The van der Waals surface area contributed by atoms with Crippen molar-refractivity contribution in [2.24, 2.45) is 0 Å². The van der Waals surface area contributed by atoms with Gasteiger partial charge in [0, 0.05) is 27.0 Å². The van der Waals surface area contributed by atoms with Crippen molar-refractivity contribution in [2.45, 2.75) is 27.7 Å². The third-order valence-corrected chi connectivity index (χ3v) is 6.36. The van der Waals surface area contributed by atoms with Gasteiger partial charge in [0.1, 0.15) is 0 Å². The van der Waals surface area contributed by atoms with E-state index < -0.39 is 0 Å². The fourth-order valence-corrected chi connectivity index (χ4v) is 3.74. The number of amides is 2. The van der Waals surface area contributed by atoms with Gasteiger partial charge in [-0.3, -0.25) is 9.59 Å². The van der Waals surface area contributed by atoms with Gasteiger partial charge >= 0.3 is 0 Å². The van der Waals surface area contributed by atoms with Gasteiger partial charge in [0.05, 0.1) is 0 Å². The van der Waals surface area contributed by atoms with E-state index in [9.17, 15) is 9.59 Å². The molecule has 0 aromatic heterocycles. The summed E-state index contributed by atoms with van der Waals surface area (Å²) in [7, 11) is 0. The maximum atomic E-state index is 12.1. The number of carbonyl (C=O) groups excluding carboxylic acids is 2. The molecule has 0 aliphatic carbocycles. The molecule has 2 amide bonds. The van der Waals surface area contributed by atoms with Crippen LogP contribution in [0.25, 0.3) is 0 Å². The lowest BCUT2D eigenvalue weighted by molar-refractivity contribution is 0.101. The van der Waals surface area contributed by atoms with E-state index in [0.29, 0.717) is 11.1 Å². The molecule has 4 aromatic carbocycles. The second-order valence-electron chi connectivity index (χ2n) is 8.37. The van der Waals surface area contributed by atoms with Gasteiger partial charge in [-0.1, -0.05) is 64.5 Å². The molecular weight excluding hydrogens is 500 g/mol. The van der Waals surface area contributed by atoms with Crippen LogP contribution in [0.4, 0.5) is 11.4 Å². The maximum Gasteiger partial charge on any atom is 0.255 e. The monoisotopic (exact) mass is 528 g/mol. The molecule has 0 fully saturated rings. The number of hydrogen-bond donors (Lipinski definition) is 2. The Balaban J connectivity index is 0.000000196. The Morgan fingerprint density at radius 3 is 1.57 bits per heavy atom. The molecule has 4 aromatic rings. The zero-order chi connectivity index (χ0) is 25.4. The molecule has 0 saturated heterocycles. The standard InChI is InChI=1S/C15H14BrNO.C15H15NO/c1-10-5-3-4-6-13(10)15(18)17-12-7-8-14(16)11(2)9-12;1-11-6-5-8-13(10-11)16-15(17)14-9-4-3-7-12(14)2/h3-9H,1-2H3,(H,17,18);3-10H,1-2H3,(H,16,17). The third-order valence-electron chi connectivity index (χ3n) is 5.47. The Morgan fingerprint density at radius 1 is 0.571 bits per heavy atom. The van der Waals surface area contributed by atoms with E-state index in [4.69, 9.17) is 0 Å². The predicted molar refractivity (Wildman–Crippen MR) is 148 cm³/mol. The number of hydrogen-bond acceptors (Lipinski definition) is 2. The molecular formula is C30H29BrN2O2. The molecule has 0 spiro atoms. The average Bonchev–Trinajstić information content (AvgIpc) is 2.82. The van der Waals surface area contributed by atoms with Crippen LogP contribution in [0.1, 0.15) is 43.0 Å². The lowest BCUT2D eigenvalue weighted by Crippen LogP contribution is -2.13. The smallest absolute Gasteiger partial charge is 0.255 e. The number of nitrogens with one attached hydrogen (secondary N) is 2. The van der Waals surface area contributed by atoms with Crippen LogP contribution in [0.5, 0.6) is 0 Å². The molecule has 178 valence electrons. The van der Waals surface area contributed by atoms with Crippen LogP contribution in [-0.2, 0) is 0 Å². The fraction of sp³-hybridized carbons (Fsp3) is 0.133. The Morgan fingerprint density at radius 2 is 1.09 bits per heavy atom. The summed E-state index contributed by atoms with van der Waals surface area (Å²) < 4.78 is 1.04. The highest BCUT2D eigenvalue weighted by atomic mass is 79.9. The summed E-state index contributed by atoms with van der Waals surface area (Å²) in [6, 6.07) is 28.7. The highest BCUT2D eigenvalue weighted by Crippen LogP contribution is 2.21. The van der Waals surface area contributed by atoms with E-state index in [-0.39, 0.29) is 11.8 Å². The molecule has 2 N–H and O–H groups in total. The lowest BCUT2D eigenvalue weighted by Gasteiger charge is -2.08. The van der Waals surface area contributed by atoms with Crippen LogP contribution in [0, 0.1) is 27.7 Å². The Bertz CT molecular complexity index is 1350. The molecule has 4 nitrogen and oxygen atoms in total. The van der Waals surface area contributed by atoms with Gasteiger partial charge in [0.15, 0.2) is 0 Å². The molecule has 0 unspecified atom stereocenters. The SMILES string of the molecule is Cc1cc(NC(=O)c2ccccc2C)ccc1Br.Cc1cccc(NC(=O)c2ccccc2C)c1. The first-order valence-electron chi connectivity index (χ1n) is 11.3. The summed E-state index contributed by atoms with van der Waals surface area (Å²) in [6.45, 7) is 7.86. The first kappa shape index (κ1) is 25.9. The Hall–Kier alpha value is -3.70. The van der Waals surface area contributed by atoms with Crippen molar-refractivity contribution >= 4 is 39.1 Å². The van der Waals surface area contributed by atoms with Crippen LogP contribution in [0.2, 0.25) is 0 Å². The lowest BCUT2D eigenvalue weighted by atomic mass is 10.1. The van der Waals surface area contributed by atoms with Crippen molar-refractivity contribution in [1.29, 1.82) is 0 Å². The first-order chi connectivity index (χ1) is 16.7. The van der Waals surface area contributed by atoms with Gasteiger partial charge in [-0.2, -0.15) is 0 Å². The zero-order valence-corrected chi connectivity index (χ0v) is 21.9. The number of halogens is 1. The second kappa shape index (κ2) is 12.1. The van der Waals surface area contributed by atoms with Gasteiger partial charge < -0.3 is 10.6 Å². The van der Waals surface area contributed by atoms with Gasteiger partial charge in [-0.25, -0.2) is 0 Å². The second-order valence-corrected chi connectivity index (χ2v) is 9.23. The van der Waals surface area contributed by atoms with E-state index in [1.807, 2.05) is 119 Å². The number of aryl methyl sites for hydroxylation is 4. The van der Waals surface area contributed by atoms with Crippen molar-refractivity contribution in [3.63, 3.8) is 0 Å². The average molecular weight is 529 g/mol. The molecule has 5 heteroatoms. The first-order valence-corrected chi connectivity index (χ1v) is 12.1. The minimum Gasteiger partial charge on any atom is -0.322 e. The van der Waals surface area contributed by atoms with E-state index in [2.05, 4.69) is 26.6 Å². The van der Waals surface area contributed by atoms with Crippen molar-refractivity contribution in [2.75, 3.05) is 10.6 Å². The summed E-state index contributed by atoms with van der Waals surface area (Å²) in [5.41, 5.74) is 7.25. The summed E-state index contributed by atoms with van der Waals surface area (Å²) in [4.78, 5) is 24.1. The molecule has 0 atom stereocenters. The summed E-state index contributed by atoms with van der Waals surface area (Å²) >= 11 is 3.44. The van der Waals surface area contributed by atoms with Crippen LogP contribution in [-0.4, -0.2) is 11.8 Å². The van der Waals surface area contributed by atoms with Gasteiger partial charge in [-0.05, 0) is 92.4 Å². The van der Waals surface area contributed by atoms with E-state index in [0.717, 1.165) is 38.1 Å². The normalized spacial score (nSPS) is 10.1. The minimum atomic E-state index is -0.0742. The van der Waals surface area contributed by atoms with Crippen LogP contribution >= 0.6 is 15.9 Å². The topological polar surface area (TPSA) is 58.2 Å². The molecule has 35 heavy (non-hydrogen) atoms. The van der Waals surface area contributed by atoms with Crippen molar-refractivity contribution in [1.82, 2.24) is 0 Å². The van der Waals surface area contributed by atoms with E-state index in [1.54, 1.807) is 0 Å². The Kier molecular flexibility index (Phi) is 8.98. The highest BCUT2D eigenvalue weighted by molar-refractivity contribution is 9.10. The van der Waals surface area contributed by atoms with Crippen molar-refractivity contribution < 1.29 is 9.59 Å². The van der Waals surface area contributed by atoms with E-state index >= 15 is 0 Å². The fourth-order valence-electron chi connectivity index (χ4n) is 3.50. The number of carbonyl (C=O) groups is 2. The van der Waals surface area contributed by atoms with Crippen LogP contribution in [0.15, 0.2) is 95.5 Å². The van der Waals surface area contributed by atoms with Crippen LogP contribution < -0.4 is 10.6 Å². The summed E-state index contributed by atoms with van der Waals surface area (Å²) in [5.74, 6) is -0.136. The highest BCUT2D eigenvalue weighted by Gasteiger charge is 2.09. The molecule has 0 radical (unpaired) electrons. The molecule has 0 bridgehead atoms. The maximum absolute atomic E-state index is 12.1. The predicted octanol–water partition coefficient (Wildman–Crippen LogP) is 7.87. The summed E-state index contributed by atoms with van der Waals surface area (Å²) in [5, 5.41) is 5.81. The molecule has 0 saturated carbocycles. The Labute approximate surface area is 215 Å². The molecule has 0 aliphatic heterocycles. The molecule has 0 aliphatic rings. The van der Waals surface area contributed by atoms with Crippen LogP contribution in [0.3, 0.4) is 0 Å².